The number of hydrogen-bond acceptors (Lipinski definition) is 6. The SMILES string of the molecule is CC(OC(=O)Nc1ccc(-c2c(S(=O)(=O)NC3CC3)c3ccc(OC4CCOCC4)cc3n2C2CCC2)cc1)C1CC1. The Morgan fingerprint density at radius 1 is 0.976 bits per heavy atom. The van der Waals surface area contributed by atoms with Gasteiger partial charge in [-0.2, -0.15) is 0 Å². The molecule has 4 fully saturated rings. The van der Waals surface area contributed by atoms with Gasteiger partial charge in [-0.05, 0) is 87.6 Å². The highest BCUT2D eigenvalue weighted by atomic mass is 32.2. The van der Waals surface area contributed by atoms with Crippen molar-refractivity contribution in [1.29, 1.82) is 0 Å². The summed E-state index contributed by atoms with van der Waals surface area (Å²) in [5, 5.41) is 3.52. The molecule has 2 N–H and O–H groups in total. The zero-order chi connectivity index (χ0) is 28.8. The first kappa shape index (κ1) is 27.7. The molecule has 2 aromatic carbocycles. The fourth-order valence-electron chi connectivity index (χ4n) is 6.06. The molecule has 1 atom stereocenters. The molecule has 224 valence electrons. The van der Waals surface area contributed by atoms with Gasteiger partial charge in [-0.25, -0.2) is 17.9 Å². The van der Waals surface area contributed by atoms with Crippen molar-refractivity contribution in [3.05, 3.63) is 42.5 Å². The van der Waals surface area contributed by atoms with E-state index >= 15 is 0 Å². The highest BCUT2D eigenvalue weighted by Gasteiger charge is 2.36. The molecular weight excluding hydrogens is 554 g/mol. The van der Waals surface area contributed by atoms with E-state index < -0.39 is 16.1 Å². The summed E-state index contributed by atoms with van der Waals surface area (Å²) in [5.74, 6) is 1.20. The quantitative estimate of drug-likeness (QED) is 0.283. The van der Waals surface area contributed by atoms with E-state index in [4.69, 9.17) is 14.2 Å². The van der Waals surface area contributed by atoms with Crippen LogP contribution >= 0.6 is 0 Å². The molecule has 42 heavy (non-hydrogen) atoms. The number of sulfonamides is 1. The summed E-state index contributed by atoms with van der Waals surface area (Å²) in [6, 6.07) is 13.4. The lowest BCUT2D eigenvalue weighted by Gasteiger charge is -2.30. The van der Waals surface area contributed by atoms with Crippen molar-refractivity contribution in [3.8, 4) is 17.0 Å². The van der Waals surface area contributed by atoms with E-state index in [0.717, 1.165) is 74.6 Å². The Hall–Kier alpha value is -3.08. The van der Waals surface area contributed by atoms with Crippen LogP contribution in [0.5, 0.6) is 5.75 Å². The molecule has 1 unspecified atom stereocenters. The van der Waals surface area contributed by atoms with Gasteiger partial charge in [0.15, 0.2) is 0 Å². The van der Waals surface area contributed by atoms with Gasteiger partial charge in [-0.3, -0.25) is 5.32 Å². The molecule has 3 saturated carbocycles. The van der Waals surface area contributed by atoms with Crippen molar-refractivity contribution in [2.75, 3.05) is 18.5 Å². The number of rotatable bonds is 10. The normalized spacial score (nSPS) is 20.7. The topological polar surface area (TPSA) is 108 Å². The minimum Gasteiger partial charge on any atom is -0.490 e. The first-order valence-corrected chi connectivity index (χ1v) is 16.9. The van der Waals surface area contributed by atoms with Gasteiger partial charge in [0.05, 0.1) is 24.4 Å². The smallest absolute Gasteiger partial charge is 0.411 e. The second kappa shape index (κ2) is 11.2. The molecule has 7 rings (SSSR count). The van der Waals surface area contributed by atoms with Crippen molar-refractivity contribution in [1.82, 2.24) is 9.29 Å². The summed E-state index contributed by atoms with van der Waals surface area (Å²) in [7, 11) is -3.80. The number of hydrogen-bond donors (Lipinski definition) is 2. The van der Waals surface area contributed by atoms with E-state index in [-0.39, 0.29) is 24.3 Å². The fourth-order valence-corrected chi connectivity index (χ4v) is 7.78. The van der Waals surface area contributed by atoms with Crippen LogP contribution in [-0.2, 0) is 19.5 Å². The van der Waals surface area contributed by atoms with Crippen molar-refractivity contribution < 1.29 is 27.4 Å². The standard InChI is InChI=1S/C32H39N3O6S/c1-20(21-5-6-21)40-32(36)33-23-9-7-22(8-10-23)30-31(42(37,38)34-24-11-12-24)28-14-13-27(41-26-15-17-39-18-16-26)19-29(28)35(30)25-3-2-4-25/h7-10,13-14,19-21,24-26,34H,2-6,11-12,15-18H2,1H3,(H,33,36). The number of carbonyl (C=O) groups excluding carboxylic acids is 1. The summed E-state index contributed by atoms with van der Waals surface area (Å²) in [5.41, 5.74) is 2.94. The molecule has 0 spiro atoms. The van der Waals surface area contributed by atoms with Crippen LogP contribution in [0.15, 0.2) is 47.4 Å². The third-order valence-corrected chi connectivity index (χ3v) is 10.6. The van der Waals surface area contributed by atoms with Crippen LogP contribution in [0.3, 0.4) is 0 Å². The molecule has 1 aliphatic heterocycles. The summed E-state index contributed by atoms with van der Waals surface area (Å²) < 4.78 is 50.4. The number of nitrogens with zero attached hydrogens (tertiary/aromatic N) is 1. The molecular formula is C32H39N3O6S. The van der Waals surface area contributed by atoms with E-state index in [2.05, 4.69) is 14.6 Å². The Kier molecular flexibility index (Phi) is 7.40. The first-order chi connectivity index (χ1) is 20.4. The van der Waals surface area contributed by atoms with Gasteiger partial charge in [0.1, 0.15) is 22.9 Å². The molecule has 10 heteroatoms. The monoisotopic (exact) mass is 593 g/mol. The lowest BCUT2D eigenvalue weighted by Crippen LogP contribution is -2.26. The Labute approximate surface area is 246 Å². The van der Waals surface area contributed by atoms with Crippen LogP contribution in [0, 0.1) is 5.92 Å². The molecule has 1 saturated heterocycles. The number of ether oxygens (including phenoxy) is 3. The van der Waals surface area contributed by atoms with Crippen LogP contribution < -0.4 is 14.8 Å². The van der Waals surface area contributed by atoms with E-state index in [0.29, 0.717) is 40.8 Å². The summed E-state index contributed by atoms with van der Waals surface area (Å²) >= 11 is 0. The maximum absolute atomic E-state index is 14.0. The lowest BCUT2D eigenvalue weighted by atomic mass is 9.92. The Bertz CT molecular complexity index is 1570. The molecule has 4 aliphatic rings. The second-order valence-electron chi connectivity index (χ2n) is 12.3. The zero-order valence-corrected chi connectivity index (χ0v) is 24.8. The number of aromatic nitrogens is 1. The van der Waals surface area contributed by atoms with E-state index in [9.17, 15) is 13.2 Å². The predicted molar refractivity (Wildman–Crippen MR) is 160 cm³/mol. The minimum absolute atomic E-state index is 0.0169. The summed E-state index contributed by atoms with van der Waals surface area (Å²) in [6.45, 7) is 3.30. The second-order valence-corrected chi connectivity index (χ2v) is 13.9. The van der Waals surface area contributed by atoms with Gasteiger partial charge in [0.25, 0.3) is 0 Å². The van der Waals surface area contributed by atoms with Crippen molar-refractivity contribution in [2.45, 2.75) is 93.9 Å². The van der Waals surface area contributed by atoms with E-state index in [1.54, 1.807) is 0 Å². The maximum atomic E-state index is 14.0. The average molecular weight is 594 g/mol. The zero-order valence-electron chi connectivity index (χ0n) is 24.0. The van der Waals surface area contributed by atoms with Crippen molar-refractivity contribution >= 4 is 32.7 Å². The van der Waals surface area contributed by atoms with Crippen LogP contribution in [0.1, 0.15) is 70.8 Å². The number of nitrogens with one attached hydrogen (secondary N) is 2. The molecule has 1 amide bonds. The Morgan fingerprint density at radius 2 is 1.71 bits per heavy atom. The minimum atomic E-state index is -3.80. The lowest BCUT2D eigenvalue weighted by molar-refractivity contribution is 0.0256. The number of anilines is 1. The van der Waals surface area contributed by atoms with Gasteiger partial charge in [-0.1, -0.05) is 12.1 Å². The van der Waals surface area contributed by atoms with Crippen LogP contribution in [-0.4, -0.2) is 50.5 Å². The molecule has 1 aromatic heterocycles. The maximum Gasteiger partial charge on any atom is 0.411 e. The third kappa shape index (κ3) is 5.76. The molecule has 2 heterocycles. The predicted octanol–water partition coefficient (Wildman–Crippen LogP) is 6.38. The third-order valence-electron chi connectivity index (χ3n) is 8.99. The number of fused-ring (bicyclic) bond motifs is 1. The van der Waals surface area contributed by atoms with Gasteiger partial charge < -0.3 is 18.8 Å². The average Bonchev–Trinajstić information content (AvgIpc) is 3.87. The van der Waals surface area contributed by atoms with Gasteiger partial charge in [0.2, 0.25) is 10.0 Å². The van der Waals surface area contributed by atoms with Crippen LogP contribution in [0.25, 0.3) is 22.2 Å². The molecule has 0 radical (unpaired) electrons. The largest absolute Gasteiger partial charge is 0.490 e. The Balaban J connectivity index is 1.27. The number of amides is 1. The van der Waals surface area contributed by atoms with E-state index in [1.807, 2.05) is 49.4 Å². The van der Waals surface area contributed by atoms with Crippen molar-refractivity contribution in [2.24, 2.45) is 5.92 Å². The van der Waals surface area contributed by atoms with E-state index in [1.165, 1.54) is 0 Å². The highest BCUT2D eigenvalue weighted by Crippen LogP contribution is 2.46. The number of carbonyl (C=O) groups is 1. The van der Waals surface area contributed by atoms with Gasteiger partial charge >= 0.3 is 6.09 Å². The summed E-state index contributed by atoms with van der Waals surface area (Å²) in [6.07, 6.45) is 8.18. The molecule has 9 nitrogen and oxygen atoms in total. The number of benzene rings is 2. The molecule has 0 bridgehead atoms. The van der Waals surface area contributed by atoms with Crippen LogP contribution in [0.2, 0.25) is 0 Å². The highest BCUT2D eigenvalue weighted by molar-refractivity contribution is 7.90. The van der Waals surface area contributed by atoms with Gasteiger partial charge in [0, 0.05) is 42.1 Å². The fraction of sp³-hybridized carbons (Fsp3) is 0.531. The first-order valence-electron chi connectivity index (χ1n) is 15.4. The van der Waals surface area contributed by atoms with Gasteiger partial charge in [-0.15, -0.1) is 0 Å². The van der Waals surface area contributed by atoms with Crippen LogP contribution in [0.4, 0.5) is 10.5 Å². The Morgan fingerprint density at radius 3 is 2.36 bits per heavy atom. The summed E-state index contributed by atoms with van der Waals surface area (Å²) in [4.78, 5) is 12.8. The molecule has 3 aromatic rings. The molecule has 3 aliphatic carbocycles. The van der Waals surface area contributed by atoms with Crippen molar-refractivity contribution in [3.63, 3.8) is 0 Å².